The van der Waals surface area contributed by atoms with Crippen molar-refractivity contribution in [2.75, 3.05) is 24.1 Å². The van der Waals surface area contributed by atoms with E-state index in [0.29, 0.717) is 30.4 Å². The van der Waals surface area contributed by atoms with Gasteiger partial charge in [0.2, 0.25) is 5.88 Å². The first kappa shape index (κ1) is 18.4. The monoisotopic (exact) mass is 344 g/mol. The predicted octanol–water partition coefficient (Wildman–Crippen LogP) is 3.53. The minimum Gasteiger partial charge on any atom is -0.465 e. The van der Waals surface area contributed by atoms with Gasteiger partial charge in [0.1, 0.15) is 11.4 Å². The van der Waals surface area contributed by atoms with Crippen molar-refractivity contribution >= 4 is 17.5 Å². The van der Waals surface area contributed by atoms with E-state index in [-0.39, 0.29) is 0 Å². The van der Waals surface area contributed by atoms with Crippen LogP contribution in [0.15, 0.2) is 30.3 Å². The molecule has 1 amide bonds. The highest BCUT2D eigenvalue weighted by atomic mass is 16.5. The number of pyridine rings is 1. The third-order valence-corrected chi connectivity index (χ3v) is 3.83. The van der Waals surface area contributed by atoms with Gasteiger partial charge in [-0.15, -0.1) is 0 Å². The molecule has 0 unspecified atom stereocenters. The molecule has 0 aliphatic carbocycles. The maximum atomic E-state index is 10.4. The van der Waals surface area contributed by atoms with E-state index < -0.39 is 6.09 Å². The van der Waals surface area contributed by atoms with Crippen molar-refractivity contribution in [3.8, 4) is 11.6 Å². The van der Waals surface area contributed by atoms with Crippen molar-refractivity contribution in [3.05, 3.63) is 41.6 Å². The van der Waals surface area contributed by atoms with Crippen LogP contribution in [0.1, 0.15) is 24.1 Å². The molecule has 0 aliphatic rings. The lowest BCUT2D eigenvalue weighted by Gasteiger charge is -2.17. The predicted molar refractivity (Wildman–Crippen MR) is 98.4 cm³/mol. The van der Waals surface area contributed by atoms with E-state index in [4.69, 9.17) is 15.6 Å². The molecule has 7 nitrogen and oxygen atoms in total. The topological polar surface area (TPSA) is 110 Å². The van der Waals surface area contributed by atoms with Gasteiger partial charge in [0.05, 0.1) is 5.69 Å². The van der Waals surface area contributed by atoms with Gasteiger partial charge < -0.3 is 26.2 Å². The van der Waals surface area contributed by atoms with E-state index in [1.807, 2.05) is 44.2 Å². The molecule has 0 radical (unpaired) electrons. The van der Waals surface area contributed by atoms with E-state index in [2.05, 4.69) is 15.6 Å². The van der Waals surface area contributed by atoms with E-state index in [1.165, 1.54) is 0 Å². The van der Waals surface area contributed by atoms with Crippen molar-refractivity contribution in [1.82, 2.24) is 10.3 Å². The molecule has 0 atom stereocenters. The van der Waals surface area contributed by atoms with Crippen molar-refractivity contribution in [2.45, 2.75) is 26.7 Å². The van der Waals surface area contributed by atoms with E-state index in [0.717, 1.165) is 29.8 Å². The summed E-state index contributed by atoms with van der Waals surface area (Å²) in [6, 6.07) is 9.38. The average molecular weight is 344 g/mol. The van der Waals surface area contributed by atoms with E-state index in [1.54, 1.807) is 0 Å². The number of para-hydroxylation sites is 1. The number of nitrogens with one attached hydrogen (secondary N) is 2. The molecule has 2 aromatic rings. The molecule has 134 valence electrons. The molecule has 0 saturated carbocycles. The smallest absolute Gasteiger partial charge is 0.404 e. The second kappa shape index (κ2) is 8.77. The fraction of sp³-hybridized carbons (Fsp3) is 0.333. The highest BCUT2D eigenvalue weighted by Crippen LogP contribution is 2.35. The summed E-state index contributed by atoms with van der Waals surface area (Å²) in [4.78, 5) is 14.8. The van der Waals surface area contributed by atoms with Gasteiger partial charge in [-0.25, -0.2) is 9.78 Å². The Bertz CT molecular complexity index is 720. The number of nitrogen functional groups attached to an aromatic ring is 1. The van der Waals surface area contributed by atoms with Crippen LogP contribution < -0.4 is 21.1 Å². The lowest BCUT2D eigenvalue weighted by Crippen LogP contribution is -2.22. The van der Waals surface area contributed by atoms with Gasteiger partial charge >= 0.3 is 6.09 Å². The SMILES string of the molecule is Cc1nc(Oc2ccccc2)c(N)c(NCCCCNC(=O)O)c1C. The van der Waals surface area contributed by atoms with Crippen LogP contribution in [0.5, 0.6) is 11.6 Å². The van der Waals surface area contributed by atoms with Crippen LogP contribution in [-0.4, -0.2) is 29.3 Å². The highest BCUT2D eigenvalue weighted by molar-refractivity contribution is 5.75. The van der Waals surface area contributed by atoms with Gasteiger partial charge in [-0.05, 0) is 44.4 Å². The van der Waals surface area contributed by atoms with Gasteiger partial charge in [0.25, 0.3) is 0 Å². The number of carboxylic acid groups (broad SMARTS) is 1. The maximum Gasteiger partial charge on any atom is 0.404 e. The number of aryl methyl sites for hydroxylation is 1. The van der Waals surface area contributed by atoms with Crippen molar-refractivity contribution < 1.29 is 14.6 Å². The summed E-state index contributed by atoms with van der Waals surface area (Å²) in [5.41, 5.74) is 9.34. The molecule has 1 aromatic carbocycles. The first-order valence-corrected chi connectivity index (χ1v) is 8.19. The van der Waals surface area contributed by atoms with E-state index in [9.17, 15) is 4.79 Å². The molecule has 7 heteroatoms. The molecule has 0 aliphatic heterocycles. The molecular weight excluding hydrogens is 320 g/mol. The summed E-state index contributed by atoms with van der Waals surface area (Å²) >= 11 is 0. The number of hydrogen-bond acceptors (Lipinski definition) is 5. The number of unbranched alkanes of at least 4 members (excludes halogenated alkanes) is 1. The molecule has 0 spiro atoms. The van der Waals surface area contributed by atoms with Gasteiger partial charge in [0, 0.05) is 18.8 Å². The summed E-state index contributed by atoms with van der Waals surface area (Å²) in [6.45, 7) is 4.98. The fourth-order valence-corrected chi connectivity index (χ4v) is 2.35. The second-order valence-corrected chi connectivity index (χ2v) is 5.70. The van der Waals surface area contributed by atoms with Gasteiger partial charge in [0.15, 0.2) is 0 Å². The van der Waals surface area contributed by atoms with E-state index >= 15 is 0 Å². The van der Waals surface area contributed by atoms with Crippen LogP contribution >= 0.6 is 0 Å². The molecule has 5 N–H and O–H groups in total. The Morgan fingerprint density at radius 2 is 1.88 bits per heavy atom. The first-order chi connectivity index (χ1) is 12.0. The third-order valence-electron chi connectivity index (χ3n) is 3.83. The Balaban J connectivity index is 2.03. The highest BCUT2D eigenvalue weighted by Gasteiger charge is 2.14. The number of nitrogens with two attached hydrogens (primary N) is 1. The second-order valence-electron chi connectivity index (χ2n) is 5.70. The number of rotatable bonds is 8. The summed E-state index contributed by atoms with van der Waals surface area (Å²) in [6.07, 6.45) is 0.561. The zero-order chi connectivity index (χ0) is 18.2. The average Bonchev–Trinajstić information content (AvgIpc) is 2.59. The number of benzene rings is 1. The summed E-state index contributed by atoms with van der Waals surface area (Å²) in [7, 11) is 0. The van der Waals surface area contributed by atoms with Gasteiger partial charge in [-0.1, -0.05) is 18.2 Å². The summed E-state index contributed by atoms with van der Waals surface area (Å²) in [5, 5.41) is 14.2. The zero-order valence-electron chi connectivity index (χ0n) is 14.5. The van der Waals surface area contributed by atoms with Gasteiger partial charge in [-0.2, -0.15) is 0 Å². The molecule has 0 bridgehead atoms. The Morgan fingerprint density at radius 3 is 2.56 bits per heavy atom. The molecule has 1 aromatic heterocycles. The standard InChI is InChI=1S/C18H24N4O3/c1-12-13(2)22-17(25-14-8-4-3-5-9-14)15(19)16(12)20-10-6-7-11-21-18(23)24/h3-5,8-9,21H,6-7,10-11,19H2,1-2H3,(H,20,22)(H,23,24). The summed E-state index contributed by atoms with van der Waals surface area (Å²) < 4.78 is 5.81. The molecule has 0 fully saturated rings. The number of amides is 1. The molecule has 25 heavy (non-hydrogen) atoms. The number of anilines is 2. The van der Waals surface area contributed by atoms with Crippen molar-refractivity contribution in [3.63, 3.8) is 0 Å². The quantitative estimate of drug-likeness (QED) is 0.545. The number of carbonyl (C=O) groups is 1. The van der Waals surface area contributed by atoms with Crippen LogP contribution in [-0.2, 0) is 0 Å². The van der Waals surface area contributed by atoms with Crippen molar-refractivity contribution in [2.24, 2.45) is 0 Å². The maximum absolute atomic E-state index is 10.4. The Labute approximate surface area is 147 Å². The number of ether oxygens (including phenoxy) is 1. The Morgan fingerprint density at radius 1 is 1.20 bits per heavy atom. The first-order valence-electron chi connectivity index (χ1n) is 8.19. The molecular formula is C18H24N4O3. The van der Waals surface area contributed by atoms with Crippen LogP contribution in [0.4, 0.5) is 16.2 Å². The minimum atomic E-state index is -1.000. The number of nitrogens with zero attached hydrogens (tertiary/aromatic N) is 1. The van der Waals surface area contributed by atoms with Gasteiger partial charge in [-0.3, -0.25) is 0 Å². The fourth-order valence-electron chi connectivity index (χ4n) is 2.35. The van der Waals surface area contributed by atoms with Crippen LogP contribution in [0.25, 0.3) is 0 Å². The lowest BCUT2D eigenvalue weighted by atomic mass is 10.1. The third kappa shape index (κ3) is 5.27. The Hall–Kier alpha value is -2.96. The summed E-state index contributed by atoms with van der Waals surface area (Å²) in [5.74, 6) is 1.06. The van der Waals surface area contributed by atoms with Crippen LogP contribution in [0, 0.1) is 13.8 Å². The lowest BCUT2D eigenvalue weighted by molar-refractivity contribution is 0.194. The molecule has 2 rings (SSSR count). The Kier molecular flexibility index (Phi) is 6.45. The van der Waals surface area contributed by atoms with Crippen LogP contribution in [0.3, 0.4) is 0 Å². The molecule has 0 saturated heterocycles. The van der Waals surface area contributed by atoms with Crippen LogP contribution in [0.2, 0.25) is 0 Å². The minimum absolute atomic E-state index is 0.379. The normalized spacial score (nSPS) is 10.3. The zero-order valence-corrected chi connectivity index (χ0v) is 14.5. The molecule has 1 heterocycles. The van der Waals surface area contributed by atoms with Crippen molar-refractivity contribution in [1.29, 1.82) is 0 Å². The number of hydrogen-bond donors (Lipinski definition) is 4. The number of aromatic nitrogens is 1. The largest absolute Gasteiger partial charge is 0.465 e.